The van der Waals surface area contributed by atoms with Crippen LogP contribution in [0.5, 0.6) is 0 Å². The first kappa shape index (κ1) is 15.1. The van der Waals surface area contributed by atoms with Crippen molar-refractivity contribution >= 4 is 60.5 Å². The number of hydrogen-bond donors (Lipinski definition) is 0. The third-order valence-electron chi connectivity index (χ3n) is 10.4. The number of hydrogen-bond acceptors (Lipinski definition) is 2. The van der Waals surface area contributed by atoms with Gasteiger partial charge in [-0.2, -0.15) is 0 Å². The highest BCUT2D eigenvalue weighted by molar-refractivity contribution is 6.22. The summed E-state index contributed by atoms with van der Waals surface area (Å²) in [5.74, 6) is 0. The molecule has 1 heterocycles. The van der Waals surface area contributed by atoms with Crippen LogP contribution in [0.1, 0.15) is 71.4 Å². The predicted octanol–water partition coefficient (Wildman–Crippen LogP) is 16.7. The summed E-state index contributed by atoms with van der Waals surface area (Å²) in [6.07, 6.45) is 0. The third kappa shape index (κ3) is 5.64. The first-order valence-corrected chi connectivity index (χ1v) is 18.4. The molecule has 0 atom stereocenters. The van der Waals surface area contributed by atoms with E-state index in [-0.39, 0.29) is 26.8 Å². The topological polar surface area (TPSA) is 16.4 Å². The zero-order valence-electron chi connectivity index (χ0n) is 64.9. The summed E-state index contributed by atoms with van der Waals surface area (Å²) < 4.78 is 320. The molecule has 1 aliphatic carbocycles. The molecule has 0 bridgehead atoms. The van der Waals surface area contributed by atoms with Gasteiger partial charge in [0.1, 0.15) is 11.2 Å². The molecule has 11 aromatic rings. The van der Waals surface area contributed by atoms with E-state index in [1.54, 1.807) is 42.5 Å². The minimum Gasteiger partial charge on any atom is -0.455 e. The maximum absolute atomic E-state index is 10.1. The SMILES string of the molecule is [2H]c1c([2H])c([2H])c(-c2c([2H])c([2H])c(N(c3c([2H])c([2H])c(-c4c([2H])c([2H])c([2H])c5oc6c7c([2H])c([2H])c([2H])c([2H])c7c(-c7ccc8ccccc8c7)c([2H])c6c45)c([2H])c3[2H])c3c([2H])c([2H])c4c(c3[2H])C(C([2H])([2H])[2H])(C([2H])([2H])[2H])c3c([2H])c([2H])c([2H])c([2H])c3-4)c([2H])c2[2H])c([2H])c1[2H]. The van der Waals surface area contributed by atoms with E-state index >= 15 is 0 Å². The summed E-state index contributed by atoms with van der Waals surface area (Å²) in [5.41, 5.74) is -17.2. The summed E-state index contributed by atoms with van der Waals surface area (Å²) in [5, 5.41) is -0.262. The number of rotatable bonds is 6. The molecule has 2 nitrogen and oxygen atoms in total. The van der Waals surface area contributed by atoms with Crippen molar-refractivity contribution in [3.05, 3.63) is 223 Å². The fraction of sp³-hybridized carbons (Fsp3) is 0.0508. The summed E-state index contributed by atoms with van der Waals surface area (Å²) in [4.78, 5) is 0.173. The van der Waals surface area contributed by atoms with Gasteiger partial charge in [0.15, 0.2) is 0 Å². The van der Waals surface area contributed by atoms with E-state index in [1.165, 1.54) is 0 Å². The second-order valence-electron chi connectivity index (χ2n) is 13.8. The monoisotopic (exact) mass is 814 g/mol. The number of furan rings is 1. The molecule has 1 aliphatic rings. The van der Waals surface area contributed by atoms with Crippen LogP contribution in [-0.4, -0.2) is 0 Å². The van der Waals surface area contributed by atoms with Crippen molar-refractivity contribution in [3.8, 4) is 44.5 Å². The van der Waals surface area contributed by atoms with Crippen molar-refractivity contribution in [1.29, 1.82) is 0 Å². The smallest absolute Gasteiger partial charge is 0.143 e. The Labute approximate surface area is 403 Å². The van der Waals surface area contributed by atoms with Gasteiger partial charge in [0.2, 0.25) is 0 Å². The summed E-state index contributed by atoms with van der Waals surface area (Å²) in [7, 11) is 0. The van der Waals surface area contributed by atoms with Crippen LogP contribution in [0.25, 0.3) is 88.0 Å². The second kappa shape index (κ2) is 13.7. The highest BCUT2D eigenvalue weighted by atomic mass is 16.3. The van der Waals surface area contributed by atoms with Gasteiger partial charge in [0.25, 0.3) is 0 Å². The molecule has 0 saturated carbocycles. The van der Waals surface area contributed by atoms with Crippen molar-refractivity contribution in [1.82, 2.24) is 0 Å². The van der Waals surface area contributed by atoms with E-state index in [1.807, 2.05) is 0 Å². The Bertz CT molecular complexity index is 5290. The molecule has 0 unspecified atom stereocenters. The lowest BCUT2D eigenvalue weighted by molar-refractivity contribution is 0.660. The van der Waals surface area contributed by atoms with Crippen LogP contribution in [0.3, 0.4) is 0 Å². The van der Waals surface area contributed by atoms with Gasteiger partial charge in [0.05, 0.1) is 38.4 Å². The summed E-state index contributed by atoms with van der Waals surface area (Å²) >= 11 is 0. The van der Waals surface area contributed by atoms with E-state index in [9.17, 15) is 21.9 Å². The van der Waals surface area contributed by atoms with Crippen LogP contribution in [0.15, 0.2) is 216 Å². The number of nitrogens with zero attached hydrogens (tertiary/aromatic N) is 1. The Hall–Kier alpha value is -7.68. The molecule has 12 rings (SSSR count). The lowest BCUT2D eigenvalue weighted by atomic mass is 9.82. The first-order chi connectivity index (χ1) is 44.2. The van der Waals surface area contributed by atoms with E-state index in [4.69, 9.17) is 29.1 Å². The largest absolute Gasteiger partial charge is 0.455 e. The van der Waals surface area contributed by atoms with Crippen LogP contribution in [0, 0.1) is 0 Å². The molecule has 1 aromatic heterocycles. The average molecular weight is 814 g/mol. The summed E-state index contributed by atoms with van der Waals surface area (Å²) in [6.45, 7) is -8.09. The minimum atomic E-state index is -4.05. The highest BCUT2D eigenvalue weighted by Crippen LogP contribution is 2.51. The molecule has 10 aromatic carbocycles. The van der Waals surface area contributed by atoms with Gasteiger partial charge >= 0.3 is 0 Å². The fourth-order valence-electron chi connectivity index (χ4n) is 7.55. The third-order valence-corrected chi connectivity index (χ3v) is 10.4. The van der Waals surface area contributed by atoms with Crippen molar-refractivity contribution in [3.63, 3.8) is 0 Å². The zero-order valence-corrected chi connectivity index (χ0v) is 30.9. The predicted molar refractivity (Wildman–Crippen MR) is 257 cm³/mol. The number of fused-ring (bicyclic) bond motifs is 9. The van der Waals surface area contributed by atoms with E-state index in [2.05, 4.69) is 0 Å². The Morgan fingerprint density at radius 2 is 1.11 bits per heavy atom. The molecule has 0 spiro atoms. The van der Waals surface area contributed by atoms with E-state index in [0.29, 0.717) is 5.39 Å². The molecule has 0 amide bonds. The van der Waals surface area contributed by atoms with Crippen LogP contribution < -0.4 is 4.90 Å². The maximum atomic E-state index is 10.1. The quantitative estimate of drug-likeness (QED) is 0.166. The van der Waals surface area contributed by atoms with Crippen LogP contribution >= 0.6 is 0 Å². The van der Waals surface area contributed by atoms with Crippen molar-refractivity contribution < 1.29 is 51.0 Å². The Morgan fingerprint density at radius 1 is 0.459 bits per heavy atom. The molecule has 61 heavy (non-hydrogen) atoms. The molecule has 0 saturated heterocycles. The standard InChI is InChI=1S/C59H41NO/c1-59(2)54-21-11-10-18-49(54)50-34-33-46(36-55(50)59)60(44-29-25-40(26-30-44)38-13-4-3-5-14-38)45-31-27-41(28-32-45)47-20-12-22-56-57(47)53-37-52(48-17-8-9-19-51(48)58(53)61-56)43-24-23-39-15-6-7-16-42(39)35-43/h3-37H,1-2H3/i1D3,2D3,3D,4D,5D,8D,9D,10D,11D,12D,13D,14D,17D,18D,19D,20D,21D,22D,25D,26D,27D,28D,29D,30D,31D,32D,33D,34D,36D,37D. The molecular formula is C59H41NO. The molecule has 288 valence electrons. The Kier molecular flexibility index (Phi) is 3.39. The normalized spacial score (nSPS) is 21.2. The lowest BCUT2D eigenvalue weighted by Gasteiger charge is -2.28. The fourth-order valence-corrected chi connectivity index (χ4v) is 7.55. The molecule has 0 aliphatic heterocycles. The van der Waals surface area contributed by atoms with Crippen LogP contribution in [0.4, 0.5) is 17.1 Å². The molecular weight excluding hydrogens is 739 g/mol. The molecule has 0 fully saturated rings. The van der Waals surface area contributed by atoms with Gasteiger partial charge in [0, 0.05) is 46.9 Å². The Balaban J connectivity index is 1.26. The first-order valence-electron chi connectivity index (χ1n) is 35.4. The zero-order chi connectivity index (χ0) is 70.0. The second-order valence-corrected chi connectivity index (χ2v) is 13.8. The van der Waals surface area contributed by atoms with Gasteiger partial charge in [-0.25, -0.2) is 0 Å². The molecule has 2 heteroatoms. The maximum Gasteiger partial charge on any atom is 0.143 e. The number of anilines is 3. The average Bonchev–Trinajstić information content (AvgIpc) is 1.51. The minimum absolute atomic E-state index is 0.155. The van der Waals surface area contributed by atoms with Crippen LogP contribution in [0.2, 0.25) is 0 Å². The van der Waals surface area contributed by atoms with Gasteiger partial charge < -0.3 is 9.32 Å². The molecule has 0 N–H and O–H groups in total. The molecule has 0 radical (unpaired) electrons. The lowest BCUT2D eigenvalue weighted by Crippen LogP contribution is -2.16. The van der Waals surface area contributed by atoms with E-state index in [0.717, 1.165) is 5.39 Å². The van der Waals surface area contributed by atoms with Crippen molar-refractivity contribution in [2.45, 2.75) is 19.1 Å². The Morgan fingerprint density at radius 3 is 1.92 bits per heavy atom. The van der Waals surface area contributed by atoms with Gasteiger partial charge in [-0.15, -0.1) is 0 Å². The van der Waals surface area contributed by atoms with Gasteiger partial charge in [-0.05, 0) is 126 Å². The van der Waals surface area contributed by atoms with Crippen LogP contribution in [-0.2, 0) is 5.41 Å². The van der Waals surface area contributed by atoms with Crippen molar-refractivity contribution in [2.24, 2.45) is 0 Å². The number of benzene rings is 10. The van der Waals surface area contributed by atoms with Gasteiger partial charge in [-0.3, -0.25) is 0 Å². The van der Waals surface area contributed by atoms with Crippen molar-refractivity contribution in [2.75, 3.05) is 4.90 Å². The highest BCUT2D eigenvalue weighted by Gasteiger charge is 2.35. The van der Waals surface area contributed by atoms with Gasteiger partial charge in [-0.1, -0.05) is 171 Å². The summed E-state index contributed by atoms with van der Waals surface area (Å²) in [6, 6.07) is -19.3. The van der Waals surface area contributed by atoms with E-state index < -0.39 is 272 Å².